The summed E-state index contributed by atoms with van der Waals surface area (Å²) in [5, 5.41) is 11.2. The second kappa shape index (κ2) is 10.4. The zero-order chi connectivity index (χ0) is 24.1. The van der Waals surface area contributed by atoms with Crippen LogP contribution in [0.4, 0.5) is 26.0 Å². The maximum Gasteiger partial charge on any atom is 0.288 e. The van der Waals surface area contributed by atoms with Gasteiger partial charge in [-0.05, 0) is 62.1 Å². The number of carbonyl (C=O) groups is 1. The number of thioether (sulfide) groups is 1. The largest absolute Gasteiger partial charge is 0.381 e. The van der Waals surface area contributed by atoms with Crippen LogP contribution >= 0.6 is 11.8 Å². The van der Waals surface area contributed by atoms with Gasteiger partial charge in [0.15, 0.2) is 5.82 Å². The fourth-order valence-corrected chi connectivity index (χ4v) is 4.76. The van der Waals surface area contributed by atoms with Gasteiger partial charge in [-0.3, -0.25) is 14.5 Å². The number of pyridine rings is 1. The monoisotopic (exact) mass is 487 g/mol. The highest BCUT2D eigenvalue weighted by Crippen LogP contribution is 2.36. The minimum absolute atomic E-state index is 0.245. The second-order valence-corrected chi connectivity index (χ2v) is 9.38. The van der Waals surface area contributed by atoms with Crippen molar-refractivity contribution in [2.45, 2.75) is 47.9 Å². The molecule has 0 unspecified atom stereocenters. The average molecular weight is 488 g/mol. The van der Waals surface area contributed by atoms with Crippen molar-refractivity contribution in [3.8, 4) is 0 Å². The van der Waals surface area contributed by atoms with Crippen molar-refractivity contribution in [2.24, 2.45) is 11.5 Å². The summed E-state index contributed by atoms with van der Waals surface area (Å²) in [4.78, 5) is 16.7. The molecular weight excluding hydrogens is 460 g/mol. The zero-order valence-electron chi connectivity index (χ0n) is 18.5. The van der Waals surface area contributed by atoms with Crippen molar-refractivity contribution in [2.75, 3.05) is 17.2 Å². The number of nitrogens with two attached hydrogens (primary N) is 2. The predicted molar refractivity (Wildman–Crippen MR) is 129 cm³/mol. The number of hydrogen-bond acceptors (Lipinski definition) is 7. The van der Waals surface area contributed by atoms with E-state index in [-0.39, 0.29) is 11.6 Å². The molecule has 2 aromatic heterocycles. The molecule has 34 heavy (non-hydrogen) atoms. The molecule has 8 nitrogen and oxygen atoms in total. The molecule has 4 rings (SSSR count). The van der Waals surface area contributed by atoms with Crippen LogP contribution in [0.1, 0.15) is 36.0 Å². The van der Waals surface area contributed by atoms with Gasteiger partial charge in [0.25, 0.3) is 11.7 Å². The van der Waals surface area contributed by atoms with E-state index in [1.165, 1.54) is 0 Å². The highest BCUT2D eigenvalue weighted by atomic mass is 32.2. The Kier molecular flexibility index (Phi) is 7.32. The third kappa shape index (κ3) is 5.48. The van der Waals surface area contributed by atoms with Crippen LogP contribution in [0.3, 0.4) is 0 Å². The van der Waals surface area contributed by atoms with Crippen molar-refractivity contribution in [1.82, 2.24) is 14.8 Å². The number of aromatic nitrogens is 3. The zero-order valence-corrected chi connectivity index (χ0v) is 19.3. The predicted octanol–water partition coefficient (Wildman–Crippen LogP) is 4.14. The molecule has 0 saturated heterocycles. The molecule has 3 aromatic rings. The third-order valence-corrected chi connectivity index (χ3v) is 6.86. The third-order valence-electron chi connectivity index (χ3n) is 6.14. The SMILES string of the molecule is NCC1(n2cc(C(N)=O)c(Nc3ccc(SC(F)F)cc3)n2)CCC(Nc2cccnc2)CC1. The van der Waals surface area contributed by atoms with Crippen molar-refractivity contribution >= 4 is 34.9 Å². The van der Waals surface area contributed by atoms with E-state index in [2.05, 4.69) is 20.7 Å². The summed E-state index contributed by atoms with van der Waals surface area (Å²) in [6.45, 7) is 0.367. The van der Waals surface area contributed by atoms with Crippen LogP contribution in [-0.2, 0) is 5.54 Å². The number of nitrogens with zero attached hydrogens (tertiary/aromatic N) is 3. The van der Waals surface area contributed by atoms with Gasteiger partial charge in [-0.15, -0.1) is 0 Å². The van der Waals surface area contributed by atoms with Crippen LogP contribution in [0.15, 0.2) is 59.9 Å². The summed E-state index contributed by atoms with van der Waals surface area (Å²) in [6.07, 6.45) is 8.50. The van der Waals surface area contributed by atoms with Crippen molar-refractivity contribution < 1.29 is 13.6 Å². The van der Waals surface area contributed by atoms with E-state index in [1.807, 2.05) is 12.1 Å². The Hall–Kier alpha value is -3.18. The fourth-order valence-electron chi connectivity index (χ4n) is 4.26. The number of carbonyl (C=O) groups excluding carboxylic acids is 1. The molecule has 0 radical (unpaired) electrons. The topological polar surface area (TPSA) is 124 Å². The lowest BCUT2D eigenvalue weighted by Gasteiger charge is -2.40. The molecule has 2 heterocycles. The smallest absolute Gasteiger partial charge is 0.288 e. The molecular formula is C23H27F2N7OS. The van der Waals surface area contributed by atoms with Crippen LogP contribution in [0.25, 0.3) is 0 Å². The standard InChI is InChI=1S/C23H27F2N7OS/c24-22(25)34-18-5-3-15(4-6-18)30-21-19(20(27)33)13-32(31-21)23(14-26)9-7-16(8-10-23)29-17-2-1-11-28-12-17/h1-6,11-13,16,22,29H,7-10,14,26H2,(H2,27,33)(H,30,31). The molecule has 0 aliphatic heterocycles. The minimum Gasteiger partial charge on any atom is -0.381 e. The van der Waals surface area contributed by atoms with Gasteiger partial charge in [0, 0.05) is 41.8 Å². The number of alkyl halides is 2. The van der Waals surface area contributed by atoms with E-state index in [0.29, 0.717) is 34.7 Å². The lowest BCUT2D eigenvalue weighted by Crippen LogP contribution is -2.46. The summed E-state index contributed by atoms with van der Waals surface area (Å²) >= 11 is 0.470. The number of rotatable bonds is 9. The molecule has 1 aliphatic carbocycles. The Morgan fingerprint density at radius 1 is 1.21 bits per heavy atom. The highest BCUT2D eigenvalue weighted by molar-refractivity contribution is 7.99. The average Bonchev–Trinajstić information content (AvgIpc) is 3.26. The Labute approximate surface area is 200 Å². The summed E-state index contributed by atoms with van der Waals surface area (Å²) in [7, 11) is 0. The normalized spacial score (nSPS) is 20.3. The maximum atomic E-state index is 12.6. The molecule has 0 spiro atoms. The van der Waals surface area contributed by atoms with Gasteiger partial charge < -0.3 is 22.1 Å². The van der Waals surface area contributed by atoms with Gasteiger partial charge in [-0.1, -0.05) is 11.8 Å². The minimum atomic E-state index is -2.49. The van der Waals surface area contributed by atoms with Gasteiger partial charge >= 0.3 is 0 Å². The highest BCUT2D eigenvalue weighted by Gasteiger charge is 2.37. The number of benzene rings is 1. The fraction of sp³-hybridized carbons (Fsp3) is 0.348. The molecule has 1 aromatic carbocycles. The first-order valence-corrected chi connectivity index (χ1v) is 11.8. The van der Waals surface area contributed by atoms with Gasteiger partial charge in [0.05, 0.1) is 11.2 Å². The Morgan fingerprint density at radius 3 is 2.53 bits per heavy atom. The van der Waals surface area contributed by atoms with Crippen LogP contribution < -0.4 is 22.1 Å². The van der Waals surface area contributed by atoms with E-state index in [0.717, 1.165) is 31.4 Å². The first-order valence-electron chi connectivity index (χ1n) is 11.0. The summed E-state index contributed by atoms with van der Waals surface area (Å²) in [5.41, 5.74) is 13.2. The quantitative estimate of drug-likeness (QED) is 0.334. The number of nitrogens with one attached hydrogen (secondary N) is 2. The van der Waals surface area contributed by atoms with E-state index in [1.54, 1.807) is 47.5 Å². The maximum absolute atomic E-state index is 12.6. The van der Waals surface area contributed by atoms with Gasteiger partial charge in [-0.25, -0.2) is 0 Å². The molecule has 0 bridgehead atoms. The molecule has 11 heteroatoms. The Morgan fingerprint density at radius 2 is 1.94 bits per heavy atom. The molecule has 1 fully saturated rings. The molecule has 1 aliphatic rings. The molecule has 1 amide bonds. The summed E-state index contributed by atoms with van der Waals surface area (Å²) in [6, 6.07) is 10.6. The van der Waals surface area contributed by atoms with Crippen molar-refractivity contribution in [1.29, 1.82) is 0 Å². The van der Waals surface area contributed by atoms with Gasteiger partial charge in [0.1, 0.15) is 5.56 Å². The summed E-state index contributed by atoms with van der Waals surface area (Å²) < 4.78 is 26.9. The first kappa shape index (κ1) is 24.0. The van der Waals surface area contributed by atoms with Crippen LogP contribution in [0, 0.1) is 0 Å². The van der Waals surface area contributed by atoms with Crippen molar-refractivity contribution in [3.63, 3.8) is 0 Å². The molecule has 6 N–H and O–H groups in total. The number of primary amides is 1. The van der Waals surface area contributed by atoms with E-state index in [9.17, 15) is 13.6 Å². The Bertz CT molecular complexity index is 1100. The van der Waals surface area contributed by atoms with E-state index in [4.69, 9.17) is 11.5 Å². The summed E-state index contributed by atoms with van der Waals surface area (Å²) in [5.74, 6) is -2.79. The lowest BCUT2D eigenvalue weighted by molar-refractivity contribution is 0.1000. The van der Waals surface area contributed by atoms with Gasteiger partial charge in [0.2, 0.25) is 0 Å². The number of anilines is 3. The molecule has 1 saturated carbocycles. The van der Waals surface area contributed by atoms with Crippen LogP contribution in [-0.4, -0.2) is 39.0 Å². The molecule has 0 atom stereocenters. The van der Waals surface area contributed by atoms with Crippen LogP contribution in [0.2, 0.25) is 0 Å². The lowest BCUT2D eigenvalue weighted by atomic mass is 9.79. The van der Waals surface area contributed by atoms with E-state index < -0.39 is 17.2 Å². The second-order valence-electron chi connectivity index (χ2n) is 8.32. The van der Waals surface area contributed by atoms with E-state index >= 15 is 0 Å². The van der Waals surface area contributed by atoms with Gasteiger partial charge in [-0.2, -0.15) is 13.9 Å². The number of hydrogen-bond donors (Lipinski definition) is 4. The number of amides is 1. The molecule has 180 valence electrons. The van der Waals surface area contributed by atoms with Crippen LogP contribution in [0.5, 0.6) is 0 Å². The Balaban J connectivity index is 1.50. The number of halogens is 2. The first-order chi connectivity index (χ1) is 16.4. The van der Waals surface area contributed by atoms with Crippen molar-refractivity contribution in [3.05, 3.63) is 60.6 Å².